The Morgan fingerprint density at radius 3 is 2.44 bits per heavy atom. The lowest BCUT2D eigenvalue weighted by molar-refractivity contribution is 0.340. The molecule has 0 aliphatic heterocycles. The van der Waals surface area contributed by atoms with Crippen molar-refractivity contribution < 1.29 is 14.2 Å². The maximum absolute atomic E-state index is 5.54. The highest BCUT2D eigenvalue weighted by Gasteiger charge is 2.06. The summed E-state index contributed by atoms with van der Waals surface area (Å²) in [7, 11) is 3.24. The van der Waals surface area contributed by atoms with Gasteiger partial charge in [0.2, 0.25) is 0 Å². The van der Waals surface area contributed by atoms with Gasteiger partial charge in [0.25, 0.3) is 0 Å². The first-order valence-electron chi connectivity index (χ1n) is 8.69. The van der Waals surface area contributed by atoms with Crippen molar-refractivity contribution in [3.63, 3.8) is 0 Å². The molecule has 6 nitrogen and oxygen atoms in total. The van der Waals surface area contributed by atoms with Crippen LogP contribution >= 0.6 is 24.0 Å². The van der Waals surface area contributed by atoms with E-state index >= 15 is 0 Å². The Morgan fingerprint density at radius 2 is 1.78 bits per heavy atom. The lowest BCUT2D eigenvalue weighted by atomic mass is 10.2. The van der Waals surface area contributed by atoms with Crippen molar-refractivity contribution in [3.8, 4) is 17.2 Å². The normalized spacial score (nSPS) is 10.6. The molecule has 0 aromatic heterocycles. The fourth-order valence-corrected chi connectivity index (χ4v) is 2.43. The molecule has 27 heavy (non-hydrogen) atoms. The molecule has 0 radical (unpaired) electrons. The molecular formula is C20H28IN3O3. The number of halogens is 1. The standard InChI is InChI=1S/C20H27N3O3.HI/c1-5-21-20(22-14-15-8-7-9-17(12-15)26-6-2)23-16-10-11-18(24-3)19(13-16)25-4;/h7-13H,5-6,14H2,1-4H3,(H2,21,22,23);1H. The molecule has 0 bridgehead atoms. The third-order valence-electron chi connectivity index (χ3n) is 3.62. The van der Waals surface area contributed by atoms with Gasteiger partial charge in [-0.25, -0.2) is 4.99 Å². The predicted molar refractivity (Wildman–Crippen MR) is 121 cm³/mol. The van der Waals surface area contributed by atoms with Gasteiger partial charge in [-0.05, 0) is 43.7 Å². The SMILES string of the molecule is CCNC(=NCc1cccc(OCC)c1)Nc1ccc(OC)c(OC)c1.I. The zero-order valence-corrected chi connectivity index (χ0v) is 18.6. The van der Waals surface area contributed by atoms with Crippen molar-refractivity contribution in [2.24, 2.45) is 4.99 Å². The minimum Gasteiger partial charge on any atom is -0.494 e. The van der Waals surface area contributed by atoms with Crippen LogP contribution in [0.1, 0.15) is 19.4 Å². The topological polar surface area (TPSA) is 64.1 Å². The van der Waals surface area contributed by atoms with E-state index in [2.05, 4.69) is 15.6 Å². The van der Waals surface area contributed by atoms with E-state index in [1.54, 1.807) is 14.2 Å². The van der Waals surface area contributed by atoms with Crippen LogP contribution in [0.2, 0.25) is 0 Å². The van der Waals surface area contributed by atoms with Gasteiger partial charge < -0.3 is 24.8 Å². The Morgan fingerprint density at radius 1 is 1.00 bits per heavy atom. The fraction of sp³-hybridized carbons (Fsp3) is 0.350. The van der Waals surface area contributed by atoms with Crippen molar-refractivity contribution >= 4 is 35.6 Å². The predicted octanol–water partition coefficient (Wildman–Crippen LogP) is 4.30. The van der Waals surface area contributed by atoms with E-state index in [1.807, 2.05) is 56.3 Å². The summed E-state index contributed by atoms with van der Waals surface area (Å²) in [4.78, 5) is 4.65. The summed E-state index contributed by atoms with van der Waals surface area (Å²) >= 11 is 0. The van der Waals surface area contributed by atoms with E-state index in [4.69, 9.17) is 14.2 Å². The number of ether oxygens (including phenoxy) is 3. The van der Waals surface area contributed by atoms with E-state index in [0.29, 0.717) is 30.6 Å². The molecule has 0 atom stereocenters. The first-order valence-corrected chi connectivity index (χ1v) is 8.69. The number of benzene rings is 2. The lowest BCUT2D eigenvalue weighted by Gasteiger charge is -2.14. The number of rotatable bonds is 8. The summed E-state index contributed by atoms with van der Waals surface area (Å²) in [5.41, 5.74) is 1.95. The molecule has 0 aliphatic carbocycles. The third kappa shape index (κ3) is 7.16. The molecule has 0 unspecified atom stereocenters. The second kappa shape index (κ2) is 12.3. The van der Waals surface area contributed by atoms with Gasteiger partial charge in [0.05, 0.1) is 27.4 Å². The van der Waals surface area contributed by atoms with Crippen molar-refractivity contribution in [1.29, 1.82) is 0 Å². The van der Waals surface area contributed by atoms with Gasteiger partial charge in [-0.15, -0.1) is 24.0 Å². The minimum atomic E-state index is 0. The van der Waals surface area contributed by atoms with E-state index in [9.17, 15) is 0 Å². The summed E-state index contributed by atoms with van der Waals surface area (Å²) in [6.07, 6.45) is 0. The van der Waals surface area contributed by atoms with Gasteiger partial charge >= 0.3 is 0 Å². The molecule has 0 heterocycles. The maximum Gasteiger partial charge on any atom is 0.196 e. The Bertz CT molecular complexity index is 738. The highest BCUT2D eigenvalue weighted by molar-refractivity contribution is 14.0. The van der Waals surface area contributed by atoms with Crippen LogP contribution in [0.15, 0.2) is 47.5 Å². The van der Waals surface area contributed by atoms with Gasteiger partial charge in [0.15, 0.2) is 17.5 Å². The van der Waals surface area contributed by atoms with Crippen LogP contribution in [0.5, 0.6) is 17.2 Å². The molecule has 2 aromatic carbocycles. The Kier molecular flexibility index (Phi) is 10.4. The van der Waals surface area contributed by atoms with E-state index < -0.39 is 0 Å². The van der Waals surface area contributed by atoms with Crippen LogP contribution in [0, 0.1) is 0 Å². The number of guanidine groups is 1. The van der Waals surface area contributed by atoms with Crippen LogP contribution in [-0.4, -0.2) is 33.3 Å². The smallest absolute Gasteiger partial charge is 0.196 e. The molecule has 2 aromatic rings. The first kappa shape index (κ1) is 22.9. The largest absolute Gasteiger partial charge is 0.494 e. The van der Waals surface area contributed by atoms with Crippen LogP contribution in [0.3, 0.4) is 0 Å². The van der Waals surface area contributed by atoms with Gasteiger partial charge in [-0.2, -0.15) is 0 Å². The summed E-state index contributed by atoms with van der Waals surface area (Å²) in [5, 5.41) is 6.53. The number of hydrogen-bond acceptors (Lipinski definition) is 4. The zero-order valence-electron chi connectivity index (χ0n) is 16.2. The highest BCUT2D eigenvalue weighted by atomic mass is 127. The number of anilines is 1. The summed E-state index contributed by atoms with van der Waals surface area (Å²) in [5.74, 6) is 2.91. The number of aliphatic imine (C=N–C) groups is 1. The van der Waals surface area contributed by atoms with Crippen LogP contribution in [0.25, 0.3) is 0 Å². The summed E-state index contributed by atoms with van der Waals surface area (Å²) in [6.45, 7) is 5.96. The molecule has 0 amide bonds. The zero-order chi connectivity index (χ0) is 18.8. The molecule has 0 aliphatic rings. The van der Waals surface area contributed by atoms with E-state index in [1.165, 1.54) is 0 Å². The van der Waals surface area contributed by atoms with Crippen molar-refractivity contribution in [1.82, 2.24) is 5.32 Å². The van der Waals surface area contributed by atoms with Gasteiger partial charge in [-0.1, -0.05) is 12.1 Å². The monoisotopic (exact) mass is 485 g/mol. The number of methoxy groups -OCH3 is 2. The molecule has 0 spiro atoms. The van der Waals surface area contributed by atoms with Crippen molar-refractivity contribution in [2.45, 2.75) is 20.4 Å². The van der Waals surface area contributed by atoms with Crippen LogP contribution in [0.4, 0.5) is 5.69 Å². The molecular weight excluding hydrogens is 457 g/mol. The summed E-state index contributed by atoms with van der Waals surface area (Å²) in [6, 6.07) is 13.6. The molecule has 2 rings (SSSR count). The van der Waals surface area contributed by atoms with Gasteiger partial charge in [0.1, 0.15) is 5.75 Å². The van der Waals surface area contributed by atoms with E-state index in [0.717, 1.165) is 23.5 Å². The number of nitrogens with zero attached hydrogens (tertiary/aromatic N) is 1. The van der Waals surface area contributed by atoms with Crippen LogP contribution < -0.4 is 24.8 Å². The lowest BCUT2D eigenvalue weighted by Crippen LogP contribution is -2.30. The third-order valence-corrected chi connectivity index (χ3v) is 3.62. The molecule has 148 valence electrons. The molecule has 0 fully saturated rings. The molecule has 7 heteroatoms. The maximum atomic E-state index is 5.54. The van der Waals surface area contributed by atoms with Gasteiger partial charge in [-0.3, -0.25) is 0 Å². The van der Waals surface area contributed by atoms with Gasteiger partial charge in [0, 0.05) is 18.3 Å². The quantitative estimate of drug-likeness (QED) is 0.332. The molecule has 0 saturated carbocycles. The second-order valence-electron chi connectivity index (χ2n) is 5.47. The highest BCUT2D eigenvalue weighted by Crippen LogP contribution is 2.29. The number of nitrogens with one attached hydrogen (secondary N) is 2. The number of hydrogen-bond donors (Lipinski definition) is 2. The van der Waals surface area contributed by atoms with Crippen molar-refractivity contribution in [2.75, 3.05) is 32.7 Å². The Balaban J connectivity index is 0.00000364. The average Bonchev–Trinajstić information content (AvgIpc) is 2.67. The van der Waals surface area contributed by atoms with E-state index in [-0.39, 0.29) is 24.0 Å². The Labute approximate surface area is 178 Å². The summed E-state index contributed by atoms with van der Waals surface area (Å²) < 4.78 is 16.2. The molecule has 0 saturated heterocycles. The second-order valence-corrected chi connectivity index (χ2v) is 5.47. The van der Waals surface area contributed by atoms with Crippen LogP contribution in [-0.2, 0) is 6.54 Å². The first-order chi connectivity index (χ1) is 12.7. The fourth-order valence-electron chi connectivity index (χ4n) is 2.43. The minimum absolute atomic E-state index is 0. The Hall–Kier alpha value is -2.16. The molecule has 2 N–H and O–H groups in total. The average molecular weight is 485 g/mol. The van der Waals surface area contributed by atoms with Crippen molar-refractivity contribution in [3.05, 3.63) is 48.0 Å².